The van der Waals surface area contributed by atoms with Gasteiger partial charge in [0.1, 0.15) is 0 Å². The van der Waals surface area contributed by atoms with E-state index in [4.69, 9.17) is 0 Å². The Morgan fingerprint density at radius 3 is 2.60 bits per heavy atom. The molecule has 2 aromatic rings. The minimum Gasteiger partial charge on any atom is -0.353 e. The van der Waals surface area contributed by atoms with E-state index in [0.717, 1.165) is 31.7 Å². The van der Waals surface area contributed by atoms with Crippen molar-refractivity contribution in [2.75, 3.05) is 5.32 Å². The van der Waals surface area contributed by atoms with Crippen LogP contribution >= 0.6 is 0 Å². The van der Waals surface area contributed by atoms with E-state index in [2.05, 4.69) is 10.3 Å². The molecule has 0 saturated heterocycles. The average Bonchev–Trinajstić information content (AvgIpc) is 3.09. The van der Waals surface area contributed by atoms with Crippen LogP contribution in [0.4, 0.5) is 19.1 Å². The van der Waals surface area contributed by atoms with Crippen LogP contribution in [0, 0.1) is 17.5 Å². The van der Waals surface area contributed by atoms with Gasteiger partial charge in [0.25, 0.3) is 0 Å². The lowest BCUT2D eigenvalue weighted by Crippen LogP contribution is -2.18. The van der Waals surface area contributed by atoms with Gasteiger partial charge in [-0.1, -0.05) is 12.8 Å². The molecule has 1 N–H and O–H groups in total. The summed E-state index contributed by atoms with van der Waals surface area (Å²) in [7, 11) is 0. The van der Waals surface area contributed by atoms with Crippen molar-refractivity contribution in [1.29, 1.82) is 0 Å². The monoisotopic (exact) mass is 281 g/mol. The summed E-state index contributed by atoms with van der Waals surface area (Å²) in [6, 6.07) is 2.41. The van der Waals surface area contributed by atoms with Gasteiger partial charge < -0.3 is 5.32 Å². The highest BCUT2D eigenvalue weighted by Gasteiger charge is 2.20. The van der Waals surface area contributed by atoms with Gasteiger partial charge in [-0.2, -0.15) is 0 Å². The summed E-state index contributed by atoms with van der Waals surface area (Å²) in [6.07, 6.45) is 7.39. The number of nitrogens with zero attached hydrogens (tertiary/aromatic N) is 2. The van der Waals surface area contributed by atoms with E-state index >= 15 is 0 Å². The fourth-order valence-electron chi connectivity index (χ4n) is 2.56. The summed E-state index contributed by atoms with van der Waals surface area (Å²) >= 11 is 0. The Labute approximate surface area is 114 Å². The predicted octanol–water partition coefficient (Wildman–Crippen LogP) is 3.64. The first-order valence-electron chi connectivity index (χ1n) is 6.60. The van der Waals surface area contributed by atoms with Crippen LogP contribution in [0.15, 0.2) is 24.5 Å². The number of aromatic nitrogens is 2. The van der Waals surface area contributed by atoms with Crippen LogP contribution in [-0.2, 0) is 0 Å². The van der Waals surface area contributed by atoms with Gasteiger partial charge in [-0.25, -0.2) is 18.2 Å². The molecule has 1 saturated carbocycles. The zero-order valence-electron chi connectivity index (χ0n) is 10.7. The standard InChI is InChI=1S/C14H14F3N3/c15-10-5-6-11(13(17)12(10)16)20-8-7-18-14(20)19-9-3-1-2-4-9/h5-9H,1-4H2,(H,18,19). The number of halogens is 3. The van der Waals surface area contributed by atoms with Crippen molar-refractivity contribution >= 4 is 5.95 Å². The maximum atomic E-state index is 13.8. The van der Waals surface area contributed by atoms with Crippen molar-refractivity contribution < 1.29 is 13.2 Å². The highest BCUT2D eigenvalue weighted by molar-refractivity contribution is 5.43. The third-order valence-electron chi connectivity index (χ3n) is 3.60. The SMILES string of the molecule is Fc1ccc(-n2ccnc2NC2CCCC2)c(F)c1F. The maximum absolute atomic E-state index is 13.8. The van der Waals surface area contributed by atoms with E-state index in [1.807, 2.05) is 0 Å². The van der Waals surface area contributed by atoms with E-state index in [1.165, 1.54) is 23.0 Å². The van der Waals surface area contributed by atoms with Crippen LogP contribution < -0.4 is 5.32 Å². The van der Waals surface area contributed by atoms with Crippen molar-refractivity contribution in [2.45, 2.75) is 31.7 Å². The van der Waals surface area contributed by atoms with E-state index < -0.39 is 17.5 Å². The third kappa shape index (κ3) is 2.26. The molecule has 1 heterocycles. The van der Waals surface area contributed by atoms with E-state index in [0.29, 0.717) is 12.0 Å². The number of rotatable bonds is 3. The maximum Gasteiger partial charge on any atom is 0.207 e. The van der Waals surface area contributed by atoms with Gasteiger partial charge in [-0.05, 0) is 25.0 Å². The lowest BCUT2D eigenvalue weighted by molar-refractivity contribution is 0.445. The van der Waals surface area contributed by atoms with E-state index in [1.54, 1.807) is 0 Å². The lowest BCUT2D eigenvalue weighted by atomic mass is 10.2. The third-order valence-corrected chi connectivity index (χ3v) is 3.60. The summed E-state index contributed by atoms with van der Waals surface area (Å²) in [4.78, 5) is 4.12. The van der Waals surface area contributed by atoms with Crippen LogP contribution in [0.5, 0.6) is 0 Å². The summed E-state index contributed by atoms with van der Waals surface area (Å²) in [5.74, 6) is -3.43. The highest BCUT2D eigenvalue weighted by atomic mass is 19.2. The molecule has 6 heteroatoms. The zero-order valence-corrected chi connectivity index (χ0v) is 10.7. The van der Waals surface area contributed by atoms with Gasteiger partial charge in [0, 0.05) is 18.4 Å². The quantitative estimate of drug-likeness (QED) is 0.870. The molecule has 0 amide bonds. The topological polar surface area (TPSA) is 29.9 Å². The summed E-state index contributed by atoms with van der Waals surface area (Å²) in [5, 5.41) is 3.22. The van der Waals surface area contributed by atoms with Crippen molar-refractivity contribution in [2.24, 2.45) is 0 Å². The van der Waals surface area contributed by atoms with Crippen LogP contribution in [-0.4, -0.2) is 15.6 Å². The van der Waals surface area contributed by atoms with Gasteiger partial charge in [0.15, 0.2) is 17.5 Å². The Balaban J connectivity index is 1.94. The molecule has 0 aliphatic heterocycles. The second-order valence-corrected chi connectivity index (χ2v) is 4.94. The van der Waals surface area contributed by atoms with Crippen LogP contribution in [0.2, 0.25) is 0 Å². The summed E-state index contributed by atoms with van der Waals surface area (Å²) < 4.78 is 41.5. The van der Waals surface area contributed by atoms with E-state index in [9.17, 15) is 13.2 Å². The number of nitrogens with one attached hydrogen (secondary N) is 1. The zero-order chi connectivity index (χ0) is 14.1. The van der Waals surface area contributed by atoms with Crippen molar-refractivity contribution in [1.82, 2.24) is 9.55 Å². The first-order chi connectivity index (χ1) is 9.66. The Kier molecular flexibility index (Phi) is 3.38. The molecule has 3 rings (SSSR count). The minimum absolute atomic E-state index is 0.0538. The molecule has 1 aromatic carbocycles. The molecule has 0 unspecified atom stereocenters. The second kappa shape index (κ2) is 5.19. The molecule has 0 radical (unpaired) electrons. The van der Waals surface area contributed by atoms with E-state index in [-0.39, 0.29) is 5.69 Å². The fourth-order valence-corrected chi connectivity index (χ4v) is 2.56. The number of hydrogen-bond donors (Lipinski definition) is 1. The van der Waals surface area contributed by atoms with Crippen molar-refractivity contribution in [3.63, 3.8) is 0 Å². The lowest BCUT2D eigenvalue weighted by Gasteiger charge is -2.15. The summed E-state index contributed by atoms with van der Waals surface area (Å²) in [6.45, 7) is 0. The van der Waals surface area contributed by atoms with Gasteiger partial charge in [0.05, 0.1) is 5.69 Å². The van der Waals surface area contributed by atoms with Crippen LogP contribution in [0.3, 0.4) is 0 Å². The molecular weight excluding hydrogens is 267 g/mol. The van der Waals surface area contributed by atoms with Gasteiger partial charge in [0.2, 0.25) is 5.95 Å². The number of imidazole rings is 1. The molecule has 0 atom stereocenters. The molecular formula is C14H14F3N3. The van der Waals surface area contributed by atoms with Gasteiger partial charge >= 0.3 is 0 Å². The number of anilines is 1. The predicted molar refractivity (Wildman–Crippen MR) is 69.3 cm³/mol. The molecule has 20 heavy (non-hydrogen) atoms. The molecule has 106 valence electrons. The second-order valence-electron chi connectivity index (χ2n) is 4.94. The first kappa shape index (κ1) is 13.0. The number of benzene rings is 1. The Hall–Kier alpha value is -1.98. The molecule has 1 aliphatic carbocycles. The van der Waals surface area contributed by atoms with Crippen molar-refractivity contribution in [3.8, 4) is 5.69 Å². The highest BCUT2D eigenvalue weighted by Crippen LogP contribution is 2.25. The normalized spacial score (nSPS) is 15.8. The molecule has 1 fully saturated rings. The Morgan fingerprint density at radius 2 is 1.85 bits per heavy atom. The Bertz CT molecular complexity index is 618. The largest absolute Gasteiger partial charge is 0.353 e. The van der Waals surface area contributed by atoms with Crippen molar-refractivity contribution in [3.05, 3.63) is 42.0 Å². The first-order valence-corrected chi connectivity index (χ1v) is 6.60. The average molecular weight is 281 g/mol. The minimum atomic E-state index is -1.47. The summed E-state index contributed by atoms with van der Waals surface area (Å²) in [5.41, 5.74) is -0.0538. The fraction of sp³-hybridized carbons (Fsp3) is 0.357. The number of hydrogen-bond acceptors (Lipinski definition) is 2. The van der Waals surface area contributed by atoms with Crippen LogP contribution in [0.1, 0.15) is 25.7 Å². The smallest absolute Gasteiger partial charge is 0.207 e. The molecule has 0 spiro atoms. The van der Waals surface area contributed by atoms with Crippen LogP contribution in [0.25, 0.3) is 5.69 Å². The molecule has 1 aliphatic rings. The Morgan fingerprint density at radius 1 is 1.10 bits per heavy atom. The molecule has 3 nitrogen and oxygen atoms in total. The molecule has 0 bridgehead atoms. The van der Waals surface area contributed by atoms with Gasteiger partial charge in [-0.3, -0.25) is 4.57 Å². The van der Waals surface area contributed by atoms with Gasteiger partial charge in [-0.15, -0.1) is 0 Å². The molecule has 1 aromatic heterocycles.